The van der Waals surface area contributed by atoms with Crippen LogP contribution in [0.5, 0.6) is 0 Å². The summed E-state index contributed by atoms with van der Waals surface area (Å²) in [5, 5.41) is 6.95. The number of hydrogen-bond donors (Lipinski definition) is 0. The summed E-state index contributed by atoms with van der Waals surface area (Å²) < 4.78 is 6.51. The van der Waals surface area contributed by atoms with Gasteiger partial charge >= 0.3 is 0 Å². The van der Waals surface area contributed by atoms with Crippen molar-refractivity contribution in [3.05, 3.63) is 199 Å². The van der Waals surface area contributed by atoms with Crippen LogP contribution in [0.25, 0.3) is 111 Å². The van der Waals surface area contributed by atoms with E-state index in [1.807, 2.05) is 30.3 Å². The molecule has 0 atom stereocenters. The van der Waals surface area contributed by atoms with Crippen LogP contribution in [0.15, 0.2) is 192 Å². The van der Waals surface area contributed by atoms with Crippen LogP contribution in [-0.4, -0.2) is 15.0 Å². The number of benzene rings is 9. The van der Waals surface area contributed by atoms with Crippen molar-refractivity contribution in [2.24, 2.45) is 0 Å². The Bertz CT molecular complexity index is 3510. The molecule has 12 rings (SSSR count). The molecule has 0 fully saturated rings. The quantitative estimate of drug-likeness (QED) is 0.164. The first-order valence-corrected chi connectivity index (χ1v) is 20.5. The molecule has 0 saturated carbocycles. The van der Waals surface area contributed by atoms with Gasteiger partial charge in [0.1, 0.15) is 11.2 Å². The number of fused-ring (bicyclic) bond motifs is 9. The van der Waals surface area contributed by atoms with Crippen molar-refractivity contribution in [3.63, 3.8) is 0 Å². The van der Waals surface area contributed by atoms with Gasteiger partial charge in [-0.2, -0.15) is 0 Å². The predicted octanol–water partition coefficient (Wildman–Crippen LogP) is 14.7. The highest BCUT2D eigenvalue weighted by Crippen LogP contribution is 2.52. The molecule has 60 heavy (non-hydrogen) atoms. The van der Waals surface area contributed by atoms with E-state index in [0.29, 0.717) is 17.5 Å². The molecule has 2 aromatic heterocycles. The van der Waals surface area contributed by atoms with E-state index in [0.717, 1.165) is 49.8 Å². The Labute approximate surface area is 347 Å². The lowest BCUT2D eigenvalue weighted by Gasteiger charge is -2.24. The van der Waals surface area contributed by atoms with Crippen molar-refractivity contribution in [2.75, 3.05) is 0 Å². The molecule has 0 spiro atoms. The molecule has 9 aromatic carbocycles. The standard InChI is InChI=1S/C56H37N3O/c1-56(2)48-20-9-8-16-43(48)44-18-10-17-42(52(44)56)35-24-27-38(28-25-35)54-57-53(37-13-4-3-5-14-37)58-55(59-54)45-19-11-21-50-51(45)47-33-40(30-31-49(47)60-50)39-29-26-36-23-22-34-12-6-7-15-41(34)46(36)32-39/h3-33H,1-2H3. The number of furan rings is 1. The molecule has 1 aliphatic rings. The third-order valence-corrected chi connectivity index (χ3v) is 12.5. The fraction of sp³-hybridized carbons (Fsp3) is 0.0536. The minimum atomic E-state index is -0.113. The van der Waals surface area contributed by atoms with Gasteiger partial charge in [0.25, 0.3) is 0 Å². The van der Waals surface area contributed by atoms with Gasteiger partial charge in [-0.1, -0.05) is 178 Å². The zero-order valence-electron chi connectivity index (χ0n) is 33.1. The maximum Gasteiger partial charge on any atom is 0.164 e. The van der Waals surface area contributed by atoms with E-state index >= 15 is 0 Å². The van der Waals surface area contributed by atoms with Crippen LogP contribution >= 0.6 is 0 Å². The van der Waals surface area contributed by atoms with Gasteiger partial charge in [0.2, 0.25) is 0 Å². The molecule has 0 amide bonds. The number of hydrogen-bond acceptors (Lipinski definition) is 4. The molecule has 2 heterocycles. The molecule has 11 aromatic rings. The van der Waals surface area contributed by atoms with Crippen molar-refractivity contribution in [3.8, 4) is 67.5 Å². The first-order valence-electron chi connectivity index (χ1n) is 20.5. The van der Waals surface area contributed by atoms with Gasteiger partial charge in [-0.25, -0.2) is 15.0 Å². The first-order chi connectivity index (χ1) is 29.5. The SMILES string of the molecule is CC1(C)c2ccccc2-c2cccc(-c3ccc(-c4nc(-c5ccccc5)nc(-c5cccc6oc7ccc(-c8ccc9ccc%10ccccc%10c9c8)cc7c56)n4)cc3)c21. The van der Waals surface area contributed by atoms with E-state index in [4.69, 9.17) is 19.4 Å². The summed E-state index contributed by atoms with van der Waals surface area (Å²) in [6.07, 6.45) is 0. The molecule has 1 aliphatic carbocycles. The minimum Gasteiger partial charge on any atom is -0.456 e. The lowest BCUT2D eigenvalue weighted by molar-refractivity contribution is 0.662. The van der Waals surface area contributed by atoms with E-state index in [-0.39, 0.29) is 5.41 Å². The normalized spacial score (nSPS) is 13.0. The molecule has 0 aliphatic heterocycles. The van der Waals surface area contributed by atoms with Crippen molar-refractivity contribution >= 4 is 43.5 Å². The van der Waals surface area contributed by atoms with E-state index < -0.39 is 0 Å². The molecule has 0 radical (unpaired) electrons. The van der Waals surface area contributed by atoms with Gasteiger partial charge in [-0.15, -0.1) is 0 Å². The van der Waals surface area contributed by atoms with Gasteiger partial charge in [0, 0.05) is 32.9 Å². The number of rotatable bonds is 5. The van der Waals surface area contributed by atoms with E-state index in [9.17, 15) is 0 Å². The summed E-state index contributed by atoms with van der Waals surface area (Å²) in [7, 11) is 0. The smallest absolute Gasteiger partial charge is 0.164 e. The molecule has 0 N–H and O–H groups in total. The Morgan fingerprint density at radius 1 is 0.367 bits per heavy atom. The second kappa shape index (κ2) is 13.2. The van der Waals surface area contributed by atoms with E-state index in [2.05, 4.69) is 172 Å². The second-order valence-electron chi connectivity index (χ2n) is 16.4. The highest BCUT2D eigenvalue weighted by Gasteiger charge is 2.37. The predicted molar refractivity (Wildman–Crippen MR) is 247 cm³/mol. The third kappa shape index (κ3) is 5.34. The number of aromatic nitrogens is 3. The third-order valence-electron chi connectivity index (χ3n) is 12.5. The van der Waals surface area contributed by atoms with E-state index in [1.54, 1.807) is 0 Å². The van der Waals surface area contributed by atoms with Crippen molar-refractivity contribution in [1.82, 2.24) is 15.0 Å². The molecular weight excluding hydrogens is 731 g/mol. The highest BCUT2D eigenvalue weighted by atomic mass is 16.3. The average Bonchev–Trinajstić information content (AvgIpc) is 3.80. The van der Waals surface area contributed by atoms with Crippen LogP contribution in [-0.2, 0) is 5.41 Å². The summed E-state index contributed by atoms with van der Waals surface area (Å²) in [6, 6.07) is 66.7. The summed E-state index contributed by atoms with van der Waals surface area (Å²) >= 11 is 0. The lowest BCUT2D eigenvalue weighted by atomic mass is 9.79. The average molecular weight is 768 g/mol. The van der Waals surface area contributed by atoms with Crippen molar-refractivity contribution in [2.45, 2.75) is 19.3 Å². The maximum absolute atomic E-state index is 6.51. The van der Waals surface area contributed by atoms with Gasteiger partial charge in [0.05, 0.1) is 0 Å². The van der Waals surface area contributed by atoms with Crippen LogP contribution in [0.3, 0.4) is 0 Å². The summed E-state index contributed by atoms with van der Waals surface area (Å²) in [6.45, 7) is 4.67. The zero-order chi connectivity index (χ0) is 40.0. The Kier molecular flexibility index (Phi) is 7.54. The first kappa shape index (κ1) is 34.4. The second-order valence-corrected chi connectivity index (χ2v) is 16.4. The largest absolute Gasteiger partial charge is 0.456 e. The van der Waals surface area contributed by atoms with Crippen LogP contribution in [0.1, 0.15) is 25.0 Å². The number of nitrogens with zero attached hydrogens (tertiary/aromatic N) is 3. The summed E-state index contributed by atoms with van der Waals surface area (Å²) in [5.74, 6) is 1.83. The Morgan fingerprint density at radius 3 is 1.77 bits per heavy atom. The topological polar surface area (TPSA) is 51.8 Å². The van der Waals surface area contributed by atoms with Crippen molar-refractivity contribution in [1.29, 1.82) is 0 Å². The fourth-order valence-corrected chi connectivity index (χ4v) is 9.60. The van der Waals surface area contributed by atoms with Crippen LogP contribution in [0.4, 0.5) is 0 Å². The van der Waals surface area contributed by atoms with Gasteiger partial charge < -0.3 is 4.42 Å². The fourth-order valence-electron chi connectivity index (χ4n) is 9.60. The Hall–Kier alpha value is -7.69. The van der Waals surface area contributed by atoms with Crippen LogP contribution in [0.2, 0.25) is 0 Å². The lowest BCUT2D eigenvalue weighted by Crippen LogP contribution is -2.16. The molecule has 0 saturated heterocycles. The van der Waals surface area contributed by atoms with Crippen molar-refractivity contribution < 1.29 is 4.42 Å². The molecule has 4 nitrogen and oxygen atoms in total. The summed E-state index contributed by atoms with van der Waals surface area (Å²) in [5.41, 5.74) is 14.3. The maximum atomic E-state index is 6.51. The molecule has 282 valence electrons. The van der Waals surface area contributed by atoms with E-state index in [1.165, 1.54) is 54.9 Å². The minimum absolute atomic E-state index is 0.113. The van der Waals surface area contributed by atoms with Gasteiger partial charge in [-0.3, -0.25) is 0 Å². The Morgan fingerprint density at radius 2 is 0.933 bits per heavy atom. The molecule has 0 bridgehead atoms. The molecular formula is C56H37N3O. The monoisotopic (exact) mass is 767 g/mol. The van der Waals surface area contributed by atoms with Gasteiger partial charge in [0.15, 0.2) is 17.5 Å². The zero-order valence-corrected chi connectivity index (χ0v) is 33.1. The van der Waals surface area contributed by atoms with Gasteiger partial charge in [-0.05, 0) is 90.3 Å². The molecule has 4 heteroatoms. The highest BCUT2D eigenvalue weighted by molar-refractivity contribution is 6.13. The molecule has 0 unspecified atom stereocenters. The Balaban J connectivity index is 0.988. The van der Waals surface area contributed by atoms with Crippen LogP contribution < -0.4 is 0 Å². The van der Waals surface area contributed by atoms with Crippen LogP contribution in [0, 0.1) is 0 Å². The summed E-state index contributed by atoms with van der Waals surface area (Å²) in [4.78, 5) is 15.5.